The number of aromatic nitrogens is 1. The summed E-state index contributed by atoms with van der Waals surface area (Å²) in [5.74, 6) is 0.924. The van der Waals surface area contributed by atoms with E-state index in [1.165, 1.54) is 6.42 Å². The lowest BCUT2D eigenvalue weighted by Gasteiger charge is -2.51. The first-order chi connectivity index (χ1) is 14.0. The zero-order valence-electron chi connectivity index (χ0n) is 18.7. The van der Waals surface area contributed by atoms with E-state index in [9.17, 15) is 4.79 Å². The van der Waals surface area contributed by atoms with Gasteiger partial charge in [0.05, 0.1) is 0 Å². The van der Waals surface area contributed by atoms with Crippen LogP contribution in [0.5, 0.6) is 0 Å². The highest BCUT2D eigenvalue weighted by molar-refractivity contribution is 5.92. The molecule has 29 heavy (non-hydrogen) atoms. The molecule has 0 radical (unpaired) electrons. The summed E-state index contributed by atoms with van der Waals surface area (Å²) in [7, 11) is 0. The van der Waals surface area contributed by atoms with Crippen molar-refractivity contribution in [2.24, 2.45) is 0 Å². The topological polar surface area (TPSA) is 48.9 Å². The number of pyridine rings is 1. The molecular weight excluding hydrogens is 364 g/mol. The van der Waals surface area contributed by atoms with E-state index in [-0.39, 0.29) is 11.4 Å². The fourth-order valence-corrected chi connectivity index (χ4v) is 4.68. The molecule has 0 aromatic carbocycles. The largest absolute Gasteiger partial charge is 0.381 e. The third-order valence-corrected chi connectivity index (χ3v) is 6.83. The van der Waals surface area contributed by atoms with E-state index in [1.807, 2.05) is 36.9 Å². The molecule has 0 N–H and O–H groups in total. The average Bonchev–Trinajstić information content (AvgIpc) is 2.77. The number of rotatable bonds is 7. The molecule has 3 rings (SSSR count). The van der Waals surface area contributed by atoms with Gasteiger partial charge in [0.1, 0.15) is 5.82 Å². The number of hydrogen-bond acceptors (Lipinski definition) is 5. The molecule has 2 aliphatic rings. The Labute approximate surface area is 176 Å². The maximum atomic E-state index is 12.9. The number of piperazine rings is 1. The summed E-state index contributed by atoms with van der Waals surface area (Å²) < 4.78 is 5.73. The van der Waals surface area contributed by atoms with Gasteiger partial charge in [0.2, 0.25) is 5.91 Å². The number of carbonyl (C=O) groups is 1. The van der Waals surface area contributed by atoms with Gasteiger partial charge in [-0.05, 0) is 45.2 Å². The zero-order valence-corrected chi connectivity index (χ0v) is 18.7. The second-order valence-corrected chi connectivity index (χ2v) is 8.59. The minimum Gasteiger partial charge on any atom is -0.381 e. The van der Waals surface area contributed by atoms with Crippen LogP contribution in [0.15, 0.2) is 18.2 Å². The molecule has 3 heterocycles. The number of amides is 1. The van der Waals surface area contributed by atoms with Crippen LogP contribution in [-0.4, -0.2) is 78.2 Å². The molecule has 2 saturated heterocycles. The van der Waals surface area contributed by atoms with Crippen molar-refractivity contribution in [1.29, 1.82) is 0 Å². The summed E-state index contributed by atoms with van der Waals surface area (Å²) in [5, 5.41) is 0. The van der Waals surface area contributed by atoms with Crippen molar-refractivity contribution in [3.8, 4) is 0 Å². The highest BCUT2D eigenvalue weighted by Crippen LogP contribution is 2.32. The zero-order chi connectivity index (χ0) is 20.9. The monoisotopic (exact) mass is 402 g/mol. The Kier molecular flexibility index (Phi) is 7.66. The summed E-state index contributed by atoms with van der Waals surface area (Å²) in [5.41, 5.74) is 0.912. The smallest absolute Gasteiger partial charge is 0.227 e. The number of carbonyl (C=O) groups excluding carboxylic acids is 1. The highest BCUT2D eigenvalue weighted by Gasteiger charge is 2.42. The van der Waals surface area contributed by atoms with Crippen LogP contribution in [0, 0.1) is 6.92 Å². The standard InChI is InChI=1S/C23H38N4O2/c1-5-20(4)25-12-14-26(15-13-25)23(10-16-29-17-11-23)18-27(22(28)6-2)21-9-7-8-19(3)24-21/h7-9,20H,5-6,10-18H2,1-4H3. The van der Waals surface area contributed by atoms with Gasteiger partial charge in [-0.25, -0.2) is 4.98 Å². The average molecular weight is 403 g/mol. The molecule has 0 spiro atoms. The first kappa shape index (κ1) is 22.2. The highest BCUT2D eigenvalue weighted by atomic mass is 16.5. The lowest BCUT2D eigenvalue weighted by Crippen LogP contribution is -2.64. The lowest BCUT2D eigenvalue weighted by atomic mass is 9.86. The molecule has 2 fully saturated rings. The Hall–Kier alpha value is -1.50. The van der Waals surface area contributed by atoms with E-state index in [0.717, 1.165) is 63.7 Å². The lowest BCUT2D eigenvalue weighted by molar-refractivity contribution is -0.119. The van der Waals surface area contributed by atoms with Crippen LogP contribution in [0.3, 0.4) is 0 Å². The van der Waals surface area contributed by atoms with E-state index in [2.05, 4.69) is 28.6 Å². The van der Waals surface area contributed by atoms with Gasteiger partial charge in [0.25, 0.3) is 0 Å². The Bertz CT molecular complexity index is 667. The minimum absolute atomic E-state index is 0.0317. The molecule has 0 saturated carbocycles. The van der Waals surface area contributed by atoms with Gasteiger partial charge in [-0.15, -0.1) is 0 Å². The molecule has 2 aliphatic heterocycles. The predicted octanol–water partition coefficient (Wildman–Crippen LogP) is 3.10. The van der Waals surface area contributed by atoms with Crippen LogP contribution in [0.25, 0.3) is 0 Å². The third-order valence-electron chi connectivity index (χ3n) is 6.83. The molecular formula is C23H38N4O2. The van der Waals surface area contributed by atoms with Crippen molar-refractivity contribution in [3.05, 3.63) is 23.9 Å². The Balaban J connectivity index is 1.82. The summed E-state index contributed by atoms with van der Waals surface area (Å²) in [6, 6.07) is 6.58. The van der Waals surface area contributed by atoms with Crippen molar-refractivity contribution >= 4 is 11.7 Å². The van der Waals surface area contributed by atoms with Gasteiger partial charge in [-0.2, -0.15) is 0 Å². The number of ether oxygens (including phenoxy) is 1. The van der Waals surface area contributed by atoms with Gasteiger partial charge >= 0.3 is 0 Å². The van der Waals surface area contributed by atoms with Crippen LogP contribution < -0.4 is 4.90 Å². The third kappa shape index (κ3) is 5.16. The first-order valence-corrected chi connectivity index (χ1v) is 11.3. The van der Waals surface area contributed by atoms with Crippen molar-refractivity contribution in [2.45, 2.75) is 65.0 Å². The second kappa shape index (κ2) is 10.0. The Morgan fingerprint density at radius 2 is 1.90 bits per heavy atom. The summed E-state index contributed by atoms with van der Waals surface area (Å²) in [4.78, 5) is 24.8. The van der Waals surface area contributed by atoms with E-state index in [1.54, 1.807) is 0 Å². The van der Waals surface area contributed by atoms with Crippen LogP contribution in [0.1, 0.15) is 52.1 Å². The first-order valence-electron chi connectivity index (χ1n) is 11.3. The van der Waals surface area contributed by atoms with E-state index < -0.39 is 0 Å². The SMILES string of the molecule is CCC(=O)N(CC1(N2CCN(C(C)CC)CC2)CCOCC1)c1cccc(C)n1. The molecule has 6 nitrogen and oxygen atoms in total. The van der Waals surface area contributed by atoms with Gasteiger partial charge < -0.3 is 4.74 Å². The molecule has 162 valence electrons. The number of nitrogens with zero attached hydrogens (tertiary/aromatic N) is 4. The van der Waals surface area contributed by atoms with E-state index in [0.29, 0.717) is 19.0 Å². The van der Waals surface area contributed by atoms with Crippen LogP contribution >= 0.6 is 0 Å². The normalized spacial score (nSPS) is 21.7. The van der Waals surface area contributed by atoms with Crippen molar-refractivity contribution < 1.29 is 9.53 Å². The maximum Gasteiger partial charge on any atom is 0.227 e. The van der Waals surface area contributed by atoms with Crippen molar-refractivity contribution in [1.82, 2.24) is 14.8 Å². The van der Waals surface area contributed by atoms with Gasteiger partial charge in [0, 0.05) is 69.6 Å². The molecule has 1 aromatic rings. The molecule has 1 amide bonds. The van der Waals surface area contributed by atoms with Gasteiger partial charge in [-0.3, -0.25) is 19.5 Å². The van der Waals surface area contributed by atoms with E-state index >= 15 is 0 Å². The summed E-state index contributed by atoms with van der Waals surface area (Å²) in [6.45, 7) is 15.0. The van der Waals surface area contributed by atoms with Crippen molar-refractivity contribution in [2.75, 3.05) is 50.8 Å². The number of aryl methyl sites for hydroxylation is 1. The maximum absolute atomic E-state index is 12.9. The quantitative estimate of drug-likeness (QED) is 0.701. The van der Waals surface area contributed by atoms with Crippen LogP contribution in [0.4, 0.5) is 5.82 Å². The van der Waals surface area contributed by atoms with E-state index in [4.69, 9.17) is 4.74 Å². The van der Waals surface area contributed by atoms with Crippen LogP contribution in [0.2, 0.25) is 0 Å². The Morgan fingerprint density at radius 1 is 1.21 bits per heavy atom. The van der Waals surface area contributed by atoms with Gasteiger partial charge in [-0.1, -0.05) is 19.9 Å². The summed E-state index contributed by atoms with van der Waals surface area (Å²) >= 11 is 0. The fraction of sp³-hybridized carbons (Fsp3) is 0.739. The molecule has 1 atom stereocenters. The van der Waals surface area contributed by atoms with Crippen molar-refractivity contribution in [3.63, 3.8) is 0 Å². The summed E-state index contributed by atoms with van der Waals surface area (Å²) in [6.07, 6.45) is 3.62. The van der Waals surface area contributed by atoms with Gasteiger partial charge in [0.15, 0.2) is 0 Å². The second-order valence-electron chi connectivity index (χ2n) is 8.59. The van der Waals surface area contributed by atoms with Crippen LogP contribution in [-0.2, 0) is 9.53 Å². The predicted molar refractivity (Wildman–Crippen MR) is 117 cm³/mol. The molecule has 0 bridgehead atoms. The Morgan fingerprint density at radius 3 is 2.48 bits per heavy atom. The fourth-order valence-electron chi connectivity index (χ4n) is 4.68. The number of hydrogen-bond donors (Lipinski definition) is 0. The minimum atomic E-state index is -0.0317. The molecule has 0 aliphatic carbocycles. The number of anilines is 1. The molecule has 1 unspecified atom stereocenters. The molecule has 6 heteroatoms. The molecule has 1 aromatic heterocycles.